The van der Waals surface area contributed by atoms with Crippen LogP contribution < -0.4 is 4.90 Å². The van der Waals surface area contributed by atoms with Gasteiger partial charge in [-0.1, -0.05) is 40.2 Å². The Morgan fingerprint density at radius 2 is 1.80 bits per heavy atom. The standard InChI is InChI=1S/C16H13BrFNO/c1-19-14-7-4-11(8-12(14)9-15(19)20)16(17)10-2-5-13(18)6-3-10/h2-8,16H,9H2,1H3. The monoisotopic (exact) mass is 333 g/mol. The molecule has 102 valence electrons. The van der Waals surface area contributed by atoms with Gasteiger partial charge in [0.05, 0.1) is 11.2 Å². The number of hydrogen-bond donors (Lipinski definition) is 0. The highest BCUT2D eigenvalue weighted by molar-refractivity contribution is 9.09. The van der Waals surface area contributed by atoms with Gasteiger partial charge < -0.3 is 4.90 Å². The lowest BCUT2D eigenvalue weighted by Gasteiger charge is -2.14. The number of benzene rings is 2. The van der Waals surface area contributed by atoms with Gasteiger partial charge in [-0.05, 0) is 34.9 Å². The minimum atomic E-state index is -0.241. The van der Waals surface area contributed by atoms with E-state index in [1.165, 1.54) is 12.1 Å². The summed E-state index contributed by atoms with van der Waals surface area (Å²) in [5.41, 5.74) is 4.07. The molecular weight excluding hydrogens is 321 g/mol. The van der Waals surface area contributed by atoms with Gasteiger partial charge in [0, 0.05) is 12.7 Å². The van der Waals surface area contributed by atoms with Crippen LogP contribution in [0.4, 0.5) is 10.1 Å². The van der Waals surface area contributed by atoms with Gasteiger partial charge in [-0.25, -0.2) is 4.39 Å². The van der Waals surface area contributed by atoms with Crippen molar-refractivity contribution < 1.29 is 9.18 Å². The van der Waals surface area contributed by atoms with Gasteiger partial charge in [-0.2, -0.15) is 0 Å². The largest absolute Gasteiger partial charge is 0.315 e. The van der Waals surface area contributed by atoms with Crippen LogP contribution in [0.3, 0.4) is 0 Å². The van der Waals surface area contributed by atoms with Crippen molar-refractivity contribution in [1.29, 1.82) is 0 Å². The number of halogens is 2. The molecule has 0 radical (unpaired) electrons. The van der Waals surface area contributed by atoms with Gasteiger partial charge in [0.2, 0.25) is 5.91 Å². The van der Waals surface area contributed by atoms with E-state index in [2.05, 4.69) is 15.9 Å². The van der Waals surface area contributed by atoms with Crippen molar-refractivity contribution in [2.75, 3.05) is 11.9 Å². The Kier molecular flexibility index (Phi) is 3.34. The third kappa shape index (κ3) is 2.24. The van der Waals surface area contributed by atoms with E-state index in [1.807, 2.05) is 18.2 Å². The average Bonchev–Trinajstić information content (AvgIpc) is 2.74. The summed E-state index contributed by atoms with van der Waals surface area (Å²) in [6.45, 7) is 0. The lowest BCUT2D eigenvalue weighted by atomic mass is 10.0. The summed E-state index contributed by atoms with van der Waals surface area (Å²) in [7, 11) is 1.79. The Balaban J connectivity index is 1.94. The van der Waals surface area contributed by atoms with Crippen LogP contribution in [0.25, 0.3) is 0 Å². The summed E-state index contributed by atoms with van der Waals surface area (Å²) in [6, 6.07) is 12.4. The van der Waals surface area contributed by atoms with E-state index >= 15 is 0 Å². The Morgan fingerprint density at radius 3 is 2.50 bits per heavy atom. The smallest absolute Gasteiger partial charge is 0.231 e. The zero-order chi connectivity index (χ0) is 14.3. The van der Waals surface area contributed by atoms with Crippen LogP contribution >= 0.6 is 15.9 Å². The fourth-order valence-corrected chi connectivity index (χ4v) is 3.06. The maximum atomic E-state index is 13.0. The van der Waals surface area contributed by atoms with Gasteiger partial charge in [0.25, 0.3) is 0 Å². The van der Waals surface area contributed by atoms with Gasteiger partial charge in [-0.3, -0.25) is 4.79 Å². The van der Waals surface area contributed by atoms with Crippen molar-refractivity contribution in [3.8, 4) is 0 Å². The summed E-state index contributed by atoms with van der Waals surface area (Å²) in [5, 5.41) is 0. The Hall–Kier alpha value is -1.68. The van der Waals surface area contributed by atoms with E-state index in [0.29, 0.717) is 6.42 Å². The van der Waals surface area contributed by atoms with Crippen LogP contribution in [0, 0.1) is 5.82 Å². The van der Waals surface area contributed by atoms with Gasteiger partial charge in [0.1, 0.15) is 5.82 Å². The number of nitrogens with zero attached hydrogens (tertiary/aromatic N) is 1. The zero-order valence-corrected chi connectivity index (χ0v) is 12.5. The maximum Gasteiger partial charge on any atom is 0.231 e. The molecule has 0 fully saturated rings. The van der Waals surface area contributed by atoms with E-state index < -0.39 is 0 Å². The first-order chi connectivity index (χ1) is 9.56. The molecular formula is C16H13BrFNO. The minimum absolute atomic E-state index is 0.00518. The Morgan fingerprint density at radius 1 is 1.15 bits per heavy atom. The summed E-state index contributed by atoms with van der Waals surface area (Å²) in [5.74, 6) is -0.125. The minimum Gasteiger partial charge on any atom is -0.315 e. The Labute approximate surface area is 125 Å². The number of rotatable bonds is 2. The number of fused-ring (bicyclic) bond motifs is 1. The number of carbonyl (C=O) groups is 1. The molecule has 4 heteroatoms. The summed E-state index contributed by atoms with van der Waals surface area (Å²) < 4.78 is 13.0. The predicted octanol–water partition coefficient (Wildman–Crippen LogP) is 3.83. The quantitative estimate of drug-likeness (QED) is 0.765. The maximum absolute atomic E-state index is 13.0. The van der Waals surface area contributed by atoms with Gasteiger partial charge >= 0.3 is 0 Å². The summed E-state index contributed by atoms with van der Waals surface area (Å²) in [4.78, 5) is 13.4. The van der Waals surface area contributed by atoms with E-state index in [1.54, 1.807) is 24.1 Å². The van der Waals surface area contributed by atoms with Crippen LogP contribution in [-0.4, -0.2) is 13.0 Å². The highest BCUT2D eigenvalue weighted by Gasteiger charge is 2.24. The predicted molar refractivity (Wildman–Crippen MR) is 80.7 cm³/mol. The SMILES string of the molecule is CN1C(=O)Cc2cc(C(Br)c3ccc(F)cc3)ccc21. The van der Waals surface area contributed by atoms with E-state index in [9.17, 15) is 9.18 Å². The second-order valence-corrected chi connectivity index (χ2v) is 5.85. The van der Waals surface area contributed by atoms with Crippen molar-refractivity contribution in [3.05, 3.63) is 65.0 Å². The molecule has 20 heavy (non-hydrogen) atoms. The number of alkyl halides is 1. The van der Waals surface area contributed by atoms with Crippen molar-refractivity contribution in [2.45, 2.75) is 11.2 Å². The molecule has 0 N–H and O–H groups in total. The molecule has 3 rings (SSSR count). The van der Waals surface area contributed by atoms with Crippen LogP contribution in [0.15, 0.2) is 42.5 Å². The van der Waals surface area contributed by atoms with E-state index in [-0.39, 0.29) is 16.6 Å². The van der Waals surface area contributed by atoms with Crippen molar-refractivity contribution in [2.24, 2.45) is 0 Å². The highest BCUT2D eigenvalue weighted by atomic mass is 79.9. The molecule has 1 aliphatic rings. The molecule has 2 aromatic carbocycles. The molecule has 0 aromatic heterocycles. The molecule has 0 spiro atoms. The molecule has 0 saturated carbocycles. The summed E-state index contributed by atoms with van der Waals surface area (Å²) >= 11 is 3.64. The first kappa shape index (κ1) is 13.3. The molecule has 1 heterocycles. The molecule has 0 aliphatic carbocycles. The molecule has 0 saturated heterocycles. The topological polar surface area (TPSA) is 20.3 Å². The van der Waals surface area contributed by atoms with Crippen molar-refractivity contribution >= 4 is 27.5 Å². The van der Waals surface area contributed by atoms with Crippen molar-refractivity contribution in [3.63, 3.8) is 0 Å². The second-order valence-electron chi connectivity index (χ2n) is 4.93. The number of carbonyl (C=O) groups excluding carboxylic acids is 1. The Bertz CT molecular complexity index is 669. The number of amides is 1. The zero-order valence-electron chi connectivity index (χ0n) is 10.9. The van der Waals surface area contributed by atoms with Gasteiger partial charge in [0.15, 0.2) is 0 Å². The van der Waals surface area contributed by atoms with Gasteiger partial charge in [-0.15, -0.1) is 0 Å². The van der Waals surface area contributed by atoms with E-state index in [0.717, 1.165) is 22.4 Å². The fraction of sp³-hybridized carbons (Fsp3) is 0.188. The molecule has 2 nitrogen and oxygen atoms in total. The third-order valence-corrected chi connectivity index (χ3v) is 4.69. The fourth-order valence-electron chi connectivity index (χ4n) is 2.47. The summed E-state index contributed by atoms with van der Waals surface area (Å²) in [6.07, 6.45) is 0.447. The van der Waals surface area contributed by atoms with Crippen LogP contribution in [0.5, 0.6) is 0 Å². The third-order valence-electron chi connectivity index (χ3n) is 3.64. The van der Waals surface area contributed by atoms with Crippen LogP contribution in [-0.2, 0) is 11.2 Å². The van der Waals surface area contributed by atoms with Crippen LogP contribution in [0.2, 0.25) is 0 Å². The average molecular weight is 334 g/mol. The number of anilines is 1. The normalized spacial score (nSPS) is 15.3. The lowest BCUT2D eigenvalue weighted by molar-refractivity contribution is -0.117. The van der Waals surface area contributed by atoms with E-state index in [4.69, 9.17) is 0 Å². The molecule has 1 unspecified atom stereocenters. The second kappa shape index (κ2) is 5.02. The molecule has 1 amide bonds. The molecule has 1 aliphatic heterocycles. The number of likely N-dealkylation sites (N-methyl/N-ethyl adjacent to an activating group) is 1. The van der Waals surface area contributed by atoms with Crippen LogP contribution in [0.1, 0.15) is 21.5 Å². The number of hydrogen-bond acceptors (Lipinski definition) is 1. The molecule has 1 atom stereocenters. The first-order valence-corrected chi connectivity index (χ1v) is 7.27. The lowest BCUT2D eigenvalue weighted by Crippen LogP contribution is -2.20. The highest BCUT2D eigenvalue weighted by Crippen LogP contribution is 2.35. The van der Waals surface area contributed by atoms with Crippen molar-refractivity contribution in [1.82, 2.24) is 0 Å². The molecule has 2 aromatic rings. The molecule has 0 bridgehead atoms. The first-order valence-electron chi connectivity index (χ1n) is 6.35.